The van der Waals surface area contributed by atoms with E-state index in [-0.39, 0.29) is 106 Å². The van der Waals surface area contributed by atoms with Crippen LogP contribution in [0.4, 0.5) is 0 Å². The monoisotopic (exact) mass is 1450 g/mol. The number of thiol groups is 2. The number of H-pyrrole nitrogens is 1. The summed E-state index contributed by atoms with van der Waals surface area (Å²) in [4.78, 5) is 178. The Morgan fingerprint density at radius 2 is 1.18 bits per heavy atom. The third-order valence-corrected chi connectivity index (χ3v) is 17.5. The molecule has 4 rings (SSSR count). The van der Waals surface area contributed by atoms with Crippen molar-refractivity contribution >= 4 is 131 Å². The largest absolute Gasteiger partial charge is 0.508 e. The maximum atomic E-state index is 14.5. The van der Waals surface area contributed by atoms with Crippen molar-refractivity contribution in [2.75, 3.05) is 49.7 Å². The van der Waals surface area contributed by atoms with Crippen molar-refractivity contribution in [2.45, 2.75) is 165 Å². The molecule has 552 valence electrons. The number of hydrogen-bond acceptors (Lipinski definition) is 19. The minimum absolute atomic E-state index is 0.0170. The van der Waals surface area contributed by atoms with Gasteiger partial charge in [-0.25, -0.2) is 4.79 Å². The summed E-state index contributed by atoms with van der Waals surface area (Å²) in [5.41, 5.74) is 29.7. The van der Waals surface area contributed by atoms with Crippen molar-refractivity contribution in [3.63, 3.8) is 0 Å². The molecule has 11 amide bonds. The number of thioether (sulfide) groups is 1. The zero-order valence-electron chi connectivity index (χ0n) is 57.0. The number of nitrogens with two attached hydrogens (primary N) is 5. The van der Waals surface area contributed by atoms with Gasteiger partial charge in [0, 0.05) is 61.1 Å². The molecule has 1 saturated heterocycles. The summed E-state index contributed by atoms with van der Waals surface area (Å²) in [6, 6.07) is -0.980. The van der Waals surface area contributed by atoms with Gasteiger partial charge in [0.05, 0.1) is 12.6 Å². The lowest BCUT2D eigenvalue weighted by molar-refractivity contribution is -0.143. The number of aromatic hydroxyl groups is 1. The number of carbonyl (C=O) groups excluding carboxylic acids is 11. The summed E-state index contributed by atoms with van der Waals surface area (Å²) in [5, 5.41) is 47.0. The van der Waals surface area contributed by atoms with E-state index >= 15 is 0 Å². The van der Waals surface area contributed by atoms with Crippen molar-refractivity contribution in [1.82, 2.24) is 63.1 Å². The van der Waals surface area contributed by atoms with Crippen LogP contribution in [0, 0.1) is 11.8 Å². The van der Waals surface area contributed by atoms with Crippen LogP contribution < -0.4 is 81.8 Å². The molecule has 11 atom stereocenters. The number of para-hydroxylation sites is 1. The number of rotatable bonds is 42. The standard InChI is InChI=1S/C64H99N19O14S3/c1-33(2)26-44(77-54(88)43(21-25-100-6)76-57(91)47(31-98)80-52(86)40(65)13-9-22-70-63(66)67)53(87)73-30-50(85)75-42(15-10-23-71-64(68)69)55(89)82-51(34(3)4)60(94)78-45(27-36-17-19-38(84)20-18-36)56(90)74-35(5)61(95)83-24-11-16-49(83)59(93)81-48(32-99)58(92)79-46(62(96)97)28-37-29-72-41-14-8-7-12-39(37)41/h7-8,12,14,17-20,29,33-35,40,42-49,51,72,84,98-99H,9-11,13,15-16,21-28,30-32,65H2,1-6H3,(H,73,87)(H,74,90)(H,75,85)(H,76,91)(H,77,88)(H,78,94)(H,79,92)(H,80,86)(H,81,93)(H,82,89)(H,96,97)(H4,66,67,70)(H4,68,69,71)/t35-,40-,42-,43-,44-,45-,46-,47-,48-,49-,51-/m0/s1. The number of hydrogen-bond donors (Lipinski definition) is 20. The number of aromatic amines is 1. The highest BCUT2D eigenvalue weighted by Gasteiger charge is 2.40. The van der Waals surface area contributed by atoms with Crippen molar-refractivity contribution in [2.24, 2.45) is 50.5 Å². The highest BCUT2D eigenvalue weighted by Crippen LogP contribution is 2.22. The molecule has 0 spiro atoms. The fourth-order valence-corrected chi connectivity index (χ4v) is 11.7. The van der Waals surface area contributed by atoms with Crippen LogP contribution in [-0.2, 0) is 70.4 Å². The van der Waals surface area contributed by atoms with Crippen LogP contribution in [0.5, 0.6) is 5.75 Å². The summed E-state index contributed by atoms with van der Waals surface area (Å²) in [5.74, 6) is -11.2. The number of fused-ring (bicyclic) bond motifs is 1. The number of phenols is 1. The average Bonchev–Trinajstić information content (AvgIpc) is 1.68. The molecule has 1 aliphatic heterocycles. The Bertz CT molecular complexity index is 3350. The molecule has 2 heterocycles. The molecule has 100 heavy (non-hydrogen) atoms. The highest BCUT2D eigenvalue weighted by molar-refractivity contribution is 7.98. The first-order chi connectivity index (χ1) is 47.4. The summed E-state index contributed by atoms with van der Waals surface area (Å²) in [6.07, 6.45) is 4.51. The van der Waals surface area contributed by atoms with E-state index in [1.165, 1.54) is 47.9 Å². The molecule has 1 aliphatic rings. The van der Waals surface area contributed by atoms with E-state index in [1.54, 1.807) is 46.2 Å². The van der Waals surface area contributed by atoms with Crippen LogP contribution in [0.25, 0.3) is 10.9 Å². The predicted molar refractivity (Wildman–Crippen MR) is 385 cm³/mol. The highest BCUT2D eigenvalue weighted by atomic mass is 32.2. The molecule has 0 aliphatic carbocycles. The van der Waals surface area contributed by atoms with E-state index in [2.05, 4.69) is 93.4 Å². The van der Waals surface area contributed by atoms with Gasteiger partial charge >= 0.3 is 5.97 Å². The SMILES string of the molecule is CSCC[C@H](NC(=O)[C@H](CS)NC(=O)[C@@H](N)CCCN=C(N)N)C(=O)N[C@@H](CC(C)C)C(=O)NCC(=O)N[C@@H](CCCN=C(N)N)C(=O)N[C@H](C(=O)N[C@@H](Cc1ccc(O)cc1)C(=O)N[C@@H](C)C(=O)N1CCC[C@H]1C(=O)N[C@@H](CS)C(=O)N[C@@H](Cc1c[nH]c2ccccc12)C(=O)O)C(C)C. The lowest BCUT2D eigenvalue weighted by atomic mass is 10.00. The van der Waals surface area contributed by atoms with E-state index in [1.807, 2.05) is 18.2 Å². The Hall–Kier alpha value is -9.03. The van der Waals surface area contributed by atoms with Crippen LogP contribution in [0.2, 0.25) is 0 Å². The second-order valence-electron chi connectivity index (χ2n) is 24.9. The normalized spacial score (nSPS) is 15.7. The number of aliphatic imine (C=N–C) groups is 2. The van der Waals surface area contributed by atoms with Crippen molar-refractivity contribution in [1.29, 1.82) is 0 Å². The Labute approximate surface area is 595 Å². The summed E-state index contributed by atoms with van der Waals surface area (Å²) in [7, 11) is 0. The van der Waals surface area contributed by atoms with Gasteiger partial charge in [0.15, 0.2) is 11.9 Å². The number of aromatic nitrogens is 1. The van der Waals surface area contributed by atoms with E-state index in [0.29, 0.717) is 29.7 Å². The zero-order valence-corrected chi connectivity index (χ0v) is 59.7. The second-order valence-corrected chi connectivity index (χ2v) is 26.6. The molecular weight excluding hydrogens is 1360 g/mol. The molecular formula is C64H99N19O14S3. The van der Waals surface area contributed by atoms with Gasteiger partial charge in [0.1, 0.15) is 66.2 Å². The number of phenolic OH excluding ortho intramolecular Hbond substituents is 1. The molecule has 0 bridgehead atoms. The molecule has 1 fully saturated rings. The van der Waals surface area contributed by atoms with Gasteiger partial charge in [0.2, 0.25) is 65.0 Å². The molecule has 0 saturated carbocycles. The molecule has 23 N–H and O–H groups in total. The number of carboxylic acid groups (broad SMARTS) is 1. The maximum absolute atomic E-state index is 14.5. The van der Waals surface area contributed by atoms with Crippen LogP contribution in [-0.4, -0.2) is 219 Å². The van der Waals surface area contributed by atoms with Gasteiger partial charge in [-0.1, -0.05) is 58.0 Å². The van der Waals surface area contributed by atoms with Crippen LogP contribution >= 0.6 is 37.0 Å². The first-order valence-electron chi connectivity index (χ1n) is 32.8. The number of nitrogens with one attached hydrogen (secondary N) is 11. The molecule has 1 aromatic heterocycles. The van der Waals surface area contributed by atoms with Crippen LogP contribution in [0.15, 0.2) is 64.7 Å². The predicted octanol–water partition coefficient (Wildman–Crippen LogP) is -3.02. The first kappa shape index (κ1) is 83.4. The van der Waals surface area contributed by atoms with Gasteiger partial charge in [-0.15, -0.1) is 0 Å². The quantitative estimate of drug-likeness (QED) is 0.0116. The lowest BCUT2D eigenvalue weighted by Crippen LogP contribution is -2.60. The molecule has 36 heteroatoms. The van der Waals surface area contributed by atoms with E-state index in [0.717, 1.165) is 10.9 Å². The van der Waals surface area contributed by atoms with Crippen LogP contribution in [0.1, 0.15) is 97.1 Å². The number of guanidine groups is 2. The summed E-state index contributed by atoms with van der Waals surface area (Å²) in [6.45, 7) is 7.81. The number of amides is 11. The van der Waals surface area contributed by atoms with Gasteiger partial charge in [-0.2, -0.15) is 37.0 Å². The number of aliphatic carboxylic acids is 1. The molecule has 3 aromatic rings. The van der Waals surface area contributed by atoms with Gasteiger partial charge in [-0.05, 0) is 111 Å². The Morgan fingerprint density at radius 1 is 0.630 bits per heavy atom. The minimum Gasteiger partial charge on any atom is -0.508 e. The smallest absolute Gasteiger partial charge is 0.326 e. The second kappa shape index (κ2) is 42.2. The summed E-state index contributed by atoms with van der Waals surface area (Å²) < 4.78 is 0. The third-order valence-electron chi connectivity index (χ3n) is 16.1. The zero-order chi connectivity index (χ0) is 74.3. The fourth-order valence-electron chi connectivity index (χ4n) is 10.7. The van der Waals surface area contributed by atoms with E-state index in [4.69, 9.17) is 28.7 Å². The first-order valence-corrected chi connectivity index (χ1v) is 35.5. The van der Waals surface area contributed by atoms with Crippen molar-refractivity contribution < 1.29 is 67.7 Å². The fraction of sp³-hybridized carbons (Fsp3) is 0.562. The van der Waals surface area contributed by atoms with Crippen LogP contribution in [0.3, 0.4) is 0 Å². The number of carbonyl (C=O) groups is 12. The number of likely N-dealkylation sites (tertiary alicyclic amines) is 1. The number of carboxylic acids is 1. The molecule has 33 nitrogen and oxygen atoms in total. The van der Waals surface area contributed by atoms with Gasteiger partial charge in [0.25, 0.3) is 0 Å². The van der Waals surface area contributed by atoms with E-state index < -0.39 is 150 Å². The Balaban J connectivity index is 1.46. The average molecular weight is 1450 g/mol. The minimum atomic E-state index is -1.44. The molecule has 2 aromatic carbocycles. The molecule has 0 unspecified atom stereocenters. The third kappa shape index (κ3) is 27.6. The van der Waals surface area contributed by atoms with Crippen molar-refractivity contribution in [3.8, 4) is 5.75 Å². The topological polar surface area (TPSA) is 539 Å². The Kier molecular flexibility index (Phi) is 35.2. The number of nitrogens with zero attached hydrogens (tertiary/aromatic N) is 3. The van der Waals surface area contributed by atoms with E-state index in [9.17, 15) is 67.7 Å². The lowest BCUT2D eigenvalue weighted by Gasteiger charge is -2.30. The van der Waals surface area contributed by atoms with Gasteiger partial charge < -0.3 is 102 Å². The summed E-state index contributed by atoms with van der Waals surface area (Å²) >= 11 is 9.89. The number of benzene rings is 2. The maximum Gasteiger partial charge on any atom is 0.326 e. The Morgan fingerprint density at radius 3 is 1.78 bits per heavy atom. The van der Waals surface area contributed by atoms with Crippen molar-refractivity contribution in [3.05, 3.63) is 65.9 Å². The molecule has 0 radical (unpaired) electrons. The van der Waals surface area contributed by atoms with Gasteiger partial charge in [-0.3, -0.25) is 62.7 Å².